The van der Waals surface area contributed by atoms with E-state index < -0.39 is 0 Å². The van der Waals surface area contributed by atoms with Crippen LogP contribution in [0.4, 0.5) is 0 Å². The molecule has 1 N–H and O–H groups in total. The lowest BCUT2D eigenvalue weighted by Gasteiger charge is -2.09. The summed E-state index contributed by atoms with van der Waals surface area (Å²) in [5, 5.41) is 3.72. The number of benzene rings is 1. The normalized spacial score (nSPS) is 18.1. The third-order valence-corrected chi connectivity index (χ3v) is 3.16. The van der Waals surface area contributed by atoms with Gasteiger partial charge in [0.05, 0.1) is 0 Å². The highest BCUT2D eigenvalue weighted by Crippen LogP contribution is 2.35. The molecule has 2 rings (SSSR count). The van der Waals surface area contributed by atoms with E-state index >= 15 is 0 Å². The SMILES string of the molecule is ClC(CNCc1ccccc1)C1CC1. The van der Waals surface area contributed by atoms with Gasteiger partial charge in [0, 0.05) is 18.5 Å². The van der Waals surface area contributed by atoms with Crippen molar-refractivity contribution in [2.75, 3.05) is 6.54 Å². The minimum Gasteiger partial charge on any atom is -0.311 e. The van der Waals surface area contributed by atoms with E-state index in [1.807, 2.05) is 6.07 Å². The van der Waals surface area contributed by atoms with Gasteiger partial charge < -0.3 is 5.32 Å². The van der Waals surface area contributed by atoms with Crippen LogP contribution in [0.25, 0.3) is 0 Å². The Morgan fingerprint density at radius 1 is 1.29 bits per heavy atom. The number of hydrogen-bond donors (Lipinski definition) is 1. The van der Waals surface area contributed by atoms with Crippen LogP contribution < -0.4 is 5.32 Å². The summed E-state index contributed by atoms with van der Waals surface area (Å²) in [6.07, 6.45) is 2.64. The molecule has 1 aliphatic carbocycles. The molecule has 1 nitrogen and oxygen atoms in total. The second kappa shape index (κ2) is 4.81. The largest absolute Gasteiger partial charge is 0.311 e. The zero-order valence-electron chi connectivity index (χ0n) is 8.25. The van der Waals surface area contributed by atoms with Crippen LogP contribution in [0.3, 0.4) is 0 Å². The third-order valence-electron chi connectivity index (χ3n) is 2.64. The molecule has 0 aliphatic heterocycles. The number of hydrogen-bond acceptors (Lipinski definition) is 1. The smallest absolute Gasteiger partial charge is 0.0488 e. The maximum atomic E-state index is 6.18. The Hall–Kier alpha value is -0.530. The van der Waals surface area contributed by atoms with Gasteiger partial charge in [-0.05, 0) is 24.3 Å². The van der Waals surface area contributed by atoms with Gasteiger partial charge in [0.1, 0.15) is 0 Å². The molecule has 2 heteroatoms. The molecular weight excluding hydrogens is 194 g/mol. The zero-order valence-corrected chi connectivity index (χ0v) is 9.00. The van der Waals surface area contributed by atoms with Crippen molar-refractivity contribution in [3.05, 3.63) is 35.9 Å². The number of nitrogens with one attached hydrogen (secondary N) is 1. The summed E-state index contributed by atoms with van der Waals surface area (Å²) in [7, 11) is 0. The summed E-state index contributed by atoms with van der Waals surface area (Å²) in [4.78, 5) is 0. The molecule has 0 heterocycles. The molecule has 0 amide bonds. The van der Waals surface area contributed by atoms with Crippen LogP contribution in [0.2, 0.25) is 0 Å². The molecule has 1 fully saturated rings. The first kappa shape index (κ1) is 10.0. The van der Waals surface area contributed by atoms with Crippen LogP contribution in [0, 0.1) is 5.92 Å². The lowest BCUT2D eigenvalue weighted by Crippen LogP contribution is -2.24. The molecule has 1 aliphatic rings. The standard InChI is InChI=1S/C12H16ClN/c13-12(11-6-7-11)9-14-8-10-4-2-1-3-5-10/h1-5,11-12,14H,6-9H2. The Morgan fingerprint density at radius 3 is 2.64 bits per heavy atom. The summed E-state index contributed by atoms with van der Waals surface area (Å²) in [6.45, 7) is 1.86. The molecule has 1 saturated carbocycles. The molecule has 0 aromatic heterocycles. The van der Waals surface area contributed by atoms with Crippen LogP contribution in [0.1, 0.15) is 18.4 Å². The second-order valence-electron chi connectivity index (χ2n) is 3.97. The van der Waals surface area contributed by atoms with Crippen molar-refractivity contribution in [2.24, 2.45) is 5.92 Å². The van der Waals surface area contributed by atoms with Gasteiger partial charge in [-0.1, -0.05) is 30.3 Å². The fourth-order valence-electron chi connectivity index (χ4n) is 1.57. The van der Waals surface area contributed by atoms with Crippen LogP contribution >= 0.6 is 11.6 Å². The fourth-order valence-corrected chi connectivity index (χ4v) is 1.94. The van der Waals surface area contributed by atoms with Crippen molar-refractivity contribution < 1.29 is 0 Å². The van der Waals surface area contributed by atoms with Crippen molar-refractivity contribution >= 4 is 11.6 Å². The minimum absolute atomic E-state index is 0.332. The van der Waals surface area contributed by atoms with Crippen LogP contribution in [-0.4, -0.2) is 11.9 Å². The maximum absolute atomic E-state index is 6.18. The van der Waals surface area contributed by atoms with E-state index in [1.165, 1.54) is 18.4 Å². The van der Waals surface area contributed by atoms with Gasteiger partial charge in [0.2, 0.25) is 0 Å². The highest BCUT2D eigenvalue weighted by atomic mass is 35.5. The predicted molar refractivity (Wildman–Crippen MR) is 60.5 cm³/mol. The van der Waals surface area contributed by atoms with Gasteiger partial charge in [-0.2, -0.15) is 0 Å². The van der Waals surface area contributed by atoms with Crippen molar-refractivity contribution in [3.8, 4) is 0 Å². The van der Waals surface area contributed by atoms with Gasteiger partial charge in [-0.15, -0.1) is 11.6 Å². The fraction of sp³-hybridized carbons (Fsp3) is 0.500. The summed E-state index contributed by atoms with van der Waals surface area (Å²) in [5.41, 5.74) is 1.33. The Labute approximate surface area is 90.5 Å². The quantitative estimate of drug-likeness (QED) is 0.736. The number of rotatable bonds is 5. The lowest BCUT2D eigenvalue weighted by atomic mass is 10.2. The molecule has 1 aromatic carbocycles. The topological polar surface area (TPSA) is 12.0 Å². The van der Waals surface area contributed by atoms with Gasteiger partial charge in [0.25, 0.3) is 0 Å². The molecule has 0 spiro atoms. The summed E-state index contributed by atoms with van der Waals surface area (Å²) in [6, 6.07) is 10.4. The van der Waals surface area contributed by atoms with Gasteiger partial charge in [-0.3, -0.25) is 0 Å². The average molecular weight is 210 g/mol. The van der Waals surface area contributed by atoms with Crippen molar-refractivity contribution in [1.29, 1.82) is 0 Å². The molecule has 14 heavy (non-hydrogen) atoms. The Bertz CT molecular complexity index is 269. The van der Waals surface area contributed by atoms with Crippen molar-refractivity contribution in [2.45, 2.75) is 24.8 Å². The predicted octanol–water partition coefficient (Wildman–Crippen LogP) is 2.79. The van der Waals surface area contributed by atoms with Crippen molar-refractivity contribution in [1.82, 2.24) is 5.32 Å². The summed E-state index contributed by atoms with van der Waals surface area (Å²) >= 11 is 6.18. The lowest BCUT2D eigenvalue weighted by molar-refractivity contribution is 0.620. The highest BCUT2D eigenvalue weighted by molar-refractivity contribution is 6.21. The van der Waals surface area contributed by atoms with E-state index in [4.69, 9.17) is 11.6 Å². The third kappa shape index (κ3) is 3.00. The highest BCUT2D eigenvalue weighted by Gasteiger charge is 2.28. The average Bonchev–Trinajstić information content (AvgIpc) is 3.02. The van der Waals surface area contributed by atoms with E-state index in [9.17, 15) is 0 Å². The first-order chi connectivity index (χ1) is 6.86. The van der Waals surface area contributed by atoms with Crippen LogP contribution in [-0.2, 0) is 6.54 Å². The van der Waals surface area contributed by atoms with E-state index in [2.05, 4.69) is 29.6 Å². The summed E-state index contributed by atoms with van der Waals surface area (Å²) < 4.78 is 0. The van der Waals surface area contributed by atoms with Crippen molar-refractivity contribution in [3.63, 3.8) is 0 Å². The van der Waals surface area contributed by atoms with Gasteiger partial charge in [-0.25, -0.2) is 0 Å². The second-order valence-corrected chi connectivity index (χ2v) is 4.53. The van der Waals surface area contributed by atoms with Crippen LogP contribution in [0.5, 0.6) is 0 Å². The molecular formula is C12H16ClN. The molecule has 1 unspecified atom stereocenters. The Morgan fingerprint density at radius 2 is 2.00 bits per heavy atom. The molecule has 76 valence electrons. The minimum atomic E-state index is 0.332. The molecule has 0 saturated heterocycles. The molecule has 1 aromatic rings. The number of alkyl halides is 1. The number of halogens is 1. The molecule has 0 radical (unpaired) electrons. The Kier molecular flexibility index (Phi) is 3.44. The van der Waals surface area contributed by atoms with E-state index in [1.54, 1.807) is 0 Å². The van der Waals surface area contributed by atoms with E-state index in [0.29, 0.717) is 5.38 Å². The van der Waals surface area contributed by atoms with Crippen LogP contribution in [0.15, 0.2) is 30.3 Å². The molecule has 0 bridgehead atoms. The molecule has 1 atom stereocenters. The first-order valence-electron chi connectivity index (χ1n) is 5.25. The zero-order chi connectivity index (χ0) is 9.80. The summed E-state index contributed by atoms with van der Waals surface area (Å²) in [5.74, 6) is 0.778. The monoisotopic (exact) mass is 209 g/mol. The van der Waals surface area contributed by atoms with E-state index in [-0.39, 0.29) is 0 Å². The first-order valence-corrected chi connectivity index (χ1v) is 5.68. The van der Waals surface area contributed by atoms with Gasteiger partial charge >= 0.3 is 0 Å². The van der Waals surface area contributed by atoms with E-state index in [0.717, 1.165) is 19.0 Å². The van der Waals surface area contributed by atoms with Gasteiger partial charge in [0.15, 0.2) is 0 Å². The maximum Gasteiger partial charge on any atom is 0.0488 e. The Balaban J connectivity index is 1.67.